The van der Waals surface area contributed by atoms with Crippen LogP contribution in [0.2, 0.25) is 0 Å². The number of hydrogen-bond acceptors (Lipinski definition) is 2. The van der Waals surface area contributed by atoms with Crippen LogP contribution in [-0.2, 0) is 0 Å². The van der Waals surface area contributed by atoms with Crippen LogP contribution in [0, 0.1) is 19.7 Å². The van der Waals surface area contributed by atoms with E-state index in [1.807, 2.05) is 13.0 Å². The SMILES string of the molecule is CCCNc1c(C(C)C)c(C)nc2c(C)c(F)ccc12. The number of halogens is 1. The lowest BCUT2D eigenvalue weighted by molar-refractivity contribution is 0.620. The molecule has 0 aliphatic heterocycles. The summed E-state index contributed by atoms with van der Waals surface area (Å²) < 4.78 is 13.8. The van der Waals surface area contributed by atoms with E-state index in [-0.39, 0.29) is 5.82 Å². The lowest BCUT2D eigenvalue weighted by Gasteiger charge is -2.20. The molecular weight excluding hydrogens is 251 g/mol. The molecule has 1 aromatic carbocycles. The smallest absolute Gasteiger partial charge is 0.128 e. The Morgan fingerprint density at radius 3 is 2.55 bits per heavy atom. The molecule has 1 N–H and O–H groups in total. The number of benzene rings is 1. The number of aromatic nitrogens is 1. The standard InChI is InChI=1S/C17H23FN2/c1-6-9-19-17-13-7-8-14(18)11(4)16(13)20-12(5)15(17)10(2)3/h7-8,10H,6,9H2,1-5H3,(H,19,20). The number of pyridine rings is 1. The minimum absolute atomic E-state index is 0.192. The minimum atomic E-state index is -0.192. The van der Waals surface area contributed by atoms with Gasteiger partial charge in [0.15, 0.2) is 0 Å². The molecular formula is C17H23FN2. The van der Waals surface area contributed by atoms with Crippen LogP contribution < -0.4 is 5.32 Å². The fraction of sp³-hybridized carbons (Fsp3) is 0.471. The van der Waals surface area contributed by atoms with Crippen LogP contribution in [0.5, 0.6) is 0 Å². The molecule has 0 aliphatic carbocycles. The van der Waals surface area contributed by atoms with Crippen molar-refractivity contribution in [2.24, 2.45) is 0 Å². The Morgan fingerprint density at radius 2 is 1.95 bits per heavy atom. The van der Waals surface area contributed by atoms with Crippen LogP contribution in [0.4, 0.5) is 10.1 Å². The second-order valence-corrected chi connectivity index (χ2v) is 5.64. The van der Waals surface area contributed by atoms with Crippen molar-refractivity contribution in [3.8, 4) is 0 Å². The molecule has 3 heteroatoms. The van der Waals surface area contributed by atoms with E-state index in [0.717, 1.165) is 35.2 Å². The van der Waals surface area contributed by atoms with Gasteiger partial charge in [0.2, 0.25) is 0 Å². The molecule has 0 spiro atoms. The highest BCUT2D eigenvalue weighted by molar-refractivity contribution is 5.95. The van der Waals surface area contributed by atoms with E-state index >= 15 is 0 Å². The van der Waals surface area contributed by atoms with Crippen LogP contribution >= 0.6 is 0 Å². The first-order chi connectivity index (χ1) is 9.47. The molecule has 0 atom stereocenters. The summed E-state index contributed by atoms with van der Waals surface area (Å²) in [6.07, 6.45) is 1.06. The van der Waals surface area contributed by atoms with Crippen molar-refractivity contribution in [1.82, 2.24) is 4.98 Å². The lowest BCUT2D eigenvalue weighted by Crippen LogP contribution is -2.08. The Morgan fingerprint density at radius 1 is 1.25 bits per heavy atom. The molecule has 2 aromatic rings. The average Bonchev–Trinajstić information content (AvgIpc) is 2.40. The zero-order chi connectivity index (χ0) is 14.9. The average molecular weight is 274 g/mol. The van der Waals surface area contributed by atoms with Crippen LogP contribution in [0.15, 0.2) is 12.1 Å². The summed E-state index contributed by atoms with van der Waals surface area (Å²) in [4.78, 5) is 4.65. The van der Waals surface area contributed by atoms with Gasteiger partial charge in [-0.05, 0) is 43.9 Å². The van der Waals surface area contributed by atoms with Crippen molar-refractivity contribution in [3.63, 3.8) is 0 Å². The highest BCUT2D eigenvalue weighted by atomic mass is 19.1. The first-order valence-corrected chi connectivity index (χ1v) is 7.30. The molecule has 0 saturated heterocycles. The van der Waals surface area contributed by atoms with Gasteiger partial charge in [-0.15, -0.1) is 0 Å². The number of anilines is 1. The Balaban J connectivity index is 2.79. The van der Waals surface area contributed by atoms with Gasteiger partial charge in [-0.3, -0.25) is 4.98 Å². The Hall–Kier alpha value is -1.64. The summed E-state index contributed by atoms with van der Waals surface area (Å²) >= 11 is 0. The van der Waals surface area contributed by atoms with Gasteiger partial charge in [0.05, 0.1) is 5.52 Å². The quantitative estimate of drug-likeness (QED) is 0.854. The van der Waals surface area contributed by atoms with Crippen LogP contribution in [0.3, 0.4) is 0 Å². The molecule has 0 unspecified atom stereocenters. The molecule has 0 saturated carbocycles. The summed E-state index contributed by atoms with van der Waals surface area (Å²) in [6.45, 7) is 11.2. The molecule has 20 heavy (non-hydrogen) atoms. The number of nitrogens with one attached hydrogen (secondary N) is 1. The molecule has 0 aliphatic rings. The molecule has 0 fully saturated rings. The third-order valence-corrected chi connectivity index (χ3v) is 3.70. The van der Waals surface area contributed by atoms with Gasteiger partial charge in [0, 0.05) is 28.9 Å². The normalized spacial score (nSPS) is 11.3. The van der Waals surface area contributed by atoms with E-state index in [4.69, 9.17) is 0 Å². The van der Waals surface area contributed by atoms with Gasteiger partial charge < -0.3 is 5.32 Å². The molecule has 2 rings (SSSR count). The first kappa shape index (κ1) is 14.8. The highest BCUT2D eigenvalue weighted by Crippen LogP contribution is 2.35. The van der Waals surface area contributed by atoms with E-state index < -0.39 is 0 Å². The third kappa shape index (κ3) is 2.49. The topological polar surface area (TPSA) is 24.9 Å². The van der Waals surface area contributed by atoms with E-state index in [0.29, 0.717) is 11.5 Å². The van der Waals surface area contributed by atoms with Gasteiger partial charge in [-0.2, -0.15) is 0 Å². The van der Waals surface area contributed by atoms with Crippen LogP contribution in [0.25, 0.3) is 10.9 Å². The van der Waals surface area contributed by atoms with Crippen molar-refractivity contribution in [1.29, 1.82) is 0 Å². The second-order valence-electron chi connectivity index (χ2n) is 5.64. The molecule has 2 nitrogen and oxygen atoms in total. The van der Waals surface area contributed by atoms with E-state index in [2.05, 4.69) is 31.1 Å². The zero-order valence-electron chi connectivity index (χ0n) is 13.0. The zero-order valence-corrected chi connectivity index (χ0v) is 13.0. The van der Waals surface area contributed by atoms with Crippen molar-refractivity contribution in [2.75, 3.05) is 11.9 Å². The molecule has 1 heterocycles. The molecule has 0 amide bonds. The van der Waals surface area contributed by atoms with Crippen molar-refractivity contribution >= 4 is 16.6 Å². The maximum Gasteiger partial charge on any atom is 0.128 e. The maximum atomic E-state index is 13.8. The van der Waals surface area contributed by atoms with Crippen LogP contribution in [0.1, 0.15) is 49.9 Å². The van der Waals surface area contributed by atoms with Gasteiger partial charge in [0.1, 0.15) is 5.82 Å². The minimum Gasteiger partial charge on any atom is -0.384 e. The fourth-order valence-electron chi connectivity index (χ4n) is 2.72. The van der Waals surface area contributed by atoms with Gasteiger partial charge >= 0.3 is 0 Å². The van der Waals surface area contributed by atoms with Crippen molar-refractivity contribution < 1.29 is 4.39 Å². The van der Waals surface area contributed by atoms with E-state index in [9.17, 15) is 4.39 Å². The third-order valence-electron chi connectivity index (χ3n) is 3.70. The second kappa shape index (κ2) is 5.78. The largest absolute Gasteiger partial charge is 0.384 e. The predicted octanol–water partition coefficient (Wildman–Crippen LogP) is 4.94. The summed E-state index contributed by atoms with van der Waals surface area (Å²) in [5, 5.41) is 4.53. The van der Waals surface area contributed by atoms with Gasteiger partial charge in [0.25, 0.3) is 0 Å². The monoisotopic (exact) mass is 274 g/mol. The fourth-order valence-corrected chi connectivity index (χ4v) is 2.72. The molecule has 0 bridgehead atoms. The number of fused-ring (bicyclic) bond motifs is 1. The number of hydrogen-bond donors (Lipinski definition) is 1. The number of rotatable bonds is 4. The van der Waals surface area contributed by atoms with Gasteiger partial charge in [-0.25, -0.2) is 4.39 Å². The van der Waals surface area contributed by atoms with Crippen molar-refractivity contribution in [3.05, 3.63) is 34.8 Å². The number of nitrogens with zero attached hydrogens (tertiary/aromatic N) is 1. The highest BCUT2D eigenvalue weighted by Gasteiger charge is 2.17. The lowest BCUT2D eigenvalue weighted by atomic mass is 9.95. The van der Waals surface area contributed by atoms with Gasteiger partial charge in [-0.1, -0.05) is 20.8 Å². The Kier molecular flexibility index (Phi) is 4.26. The molecule has 0 radical (unpaired) electrons. The first-order valence-electron chi connectivity index (χ1n) is 7.30. The van der Waals surface area contributed by atoms with Crippen molar-refractivity contribution in [2.45, 2.75) is 47.0 Å². The Bertz CT molecular complexity index is 633. The summed E-state index contributed by atoms with van der Waals surface area (Å²) in [7, 11) is 0. The Labute approximate surface area is 120 Å². The van der Waals surface area contributed by atoms with E-state index in [1.54, 1.807) is 6.92 Å². The summed E-state index contributed by atoms with van der Waals surface area (Å²) in [5.41, 5.74) is 4.73. The molecule has 108 valence electrons. The predicted molar refractivity (Wildman–Crippen MR) is 84.0 cm³/mol. The van der Waals surface area contributed by atoms with Crippen LogP contribution in [-0.4, -0.2) is 11.5 Å². The van der Waals surface area contributed by atoms with E-state index in [1.165, 1.54) is 11.6 Å². The summed E-state index contributed by atoms with van der Waals surface area (Å²) in [5.74, 6) is 0.194. The summed E-state index contributed by atoms with van der Waals surface area (Å²) in [6, 6.07) is 3.38. The molecule has 1 aromatic heterocycles. The number of aryl methyl sites for hydroxylation is 2. The maximum absolute atomic E-state index is 13.8.